The average Bonchev–Trinajstić information content (AvgIpc) is 3.35. The third-order valence-corrected chi connectivity index (χ3v) is 5.31. The molecule has 1 unspecified atom stereocenters. The SMILES string of the molecule is NC(CCC(=O)N(c1ccccn1)c1cc(Cc2ccc(COc3ccccn3)cc2)no1)C(=O)O. The highest BCUT2D eigenvalue weighted by molar-refractivity contribution is 5.98. The molecule has 10 heteroatoms. The fraction of sp³-hybridized carbons (Fsp3) is 0.192. The number of carbonyl (C=O) groups excluding carboxylic acids is 1. The lowest BCUT2D eigenvalue weighted by Crippen LogP contribution is -2.33. The second kappa shape index (κ2) is 11.7. The highest BCUT2D eigenvalue weighted by Crippen LogP contribution is 2.26. The number of hydrogen-bond acceptors (Lipinski definition) is 8. The van der Waals surface area contributed by atoms with Crippen LogP contribution in [0.3, 0.4) is 0 Å². The first-order chi connectivity index (χ1) is 17.5. The van der Waals surface area contributed by atoms with Crippen molar-refractivity contribution in [1.29, 1.82) is 0 Å². The quantitative estimate of drug-likeness (QED) is 0.325. The molecule has 1 amide bonds. The second-order valence-electron chi connectivity index (χ2n) is 8.01. The largest absolute Gasteiger partial charge is 0.480 e. The second-order valence-corrected chi connectivity index (χ2v) is 8.01. The molecule has 0 saturated carbocycles. The average molecular weight is 488 g/mol. The Morgan fingerprint density at radius 2 is 1.72 bits per heavy atom. The fourth-order valence-electron chi connectivity index (χ4n) is 3.41. The number of carboxylic acid groups (broad SMARTS) is 1. The molecule has 0 fully saturated rings. The zero-order valence-electron chi connectivity index (χ0n) is 19.4. The summed E-state index contributed by atoms with van der Waals surface area (Å²) in [7, 11) is 0. The lowest BCUT2D eigenvalue weighted by molar-refractivity contribution is -0.138. The van der Waals surface area contributed by atoms with Crippen LogP contribution >= 0.6 is 0 Å². The summed E-state index contributed by atoms with van der Waals surface area (Å²) < 4.78 is 11.2. The molecule has 184 valence electrons. The molecule has 4 aromatic rings. The molecule has 0 radical (unpaired) electrons. The molecule has 10 nitrogen and oxygen atoms in total. The number of pyridine rings is 2. The van der Waals surface area contributed by atoms with Crippen molar-refractivity contribution in [3.8, 4) is 5.88 Å². The maximum atomic E-state index is 13.0. The predicted molar refractivity (Wildman–Crippen MR) is 131 cm³/mol. The van der Waals surface area contributed by atoms with Crippen molar-refractivity contribution in [3.63, 3.8) is 0 Å². The van der Waals surface area contributed by atoms with Crippen LogP contribution in [0.2, 0.25) is 0 Å². The van der Waals surface area contributed by atoms with Gasteiger partial charge in [-0.15, -0.1) is 0 Å². The highest BCUT2D eigenvalue weighted by Gasteiger charge is 2.25. The maximum Gasteiger partial charge on any atom is 0.320 e. The van der Waals surface area contributed by atoms with Gasteiger partial charge in [0.15, 0.2) is 0 Å². The Labute approximate surface area is 207 Å². The monoisotopic (exact) mass is 487 g/mol. The number of amides is 1. The minimum Gasteiger partial charge on any atom is -0.480 e. The molecular weight excluding hydrogens is 462 g/mol. The van der Waals surface area contributed by atoms with E-state index in [1.54, 1.807) is 42.7 Å². The van der Waals surface area contributed by atoms with Gasteiger partial charge in [-0.25, -0.2) is 14.9 Å². The minimum absolute atomic E-state index is 0.0190. The first-order valence-electron chi connectivity index (χ1n) is 11.3. The zero-order valence-corrected chi connectivity index (χ0v) is 19.4. The highest BCUT2D eigenvalue weighted by atomic mass is 16.5. The van der Waals surface area contributed by atoms with Gasteiger partial charge in [0.1, 0.15) is 18.5 Å². The molecule has 1 atom stereocenters. The first kappa shape index (κ1) is 24.6. The van der Waals surface area contributed by atoms with Crippen LogP contribution in [0.4, 0.5) is 11.7 Å². The van der Waals surface area contributed by atoms with Crippen molar-refractivity contribution in [1.82, 2.24) is 15.1 Å². The smallest absolute Gasteiger partial charge is 0.320 e. The summed E-state index contributed by atoms with van der Waals surface area (Å²) in [6.45, 7) is 0.401. The molecule has 4 rings (SSSR count). The summed E-state index contributed by atoms with van der Waals surface area (Å²) in [6.07, 6.45) is 3.60. The van der Waals surface area contributed by atoms with Gasteiger partial charge in [-0.2, -0.15) is 0 Å². The number of nitrogens with two attached hydrogens (primary N) is 1. The summed E-state index contributed by atoms with van der Waals surface area (Å²) in [5, 5.41) is 13.1. The maximum absolute atomic E-state index is 13.0. The predicted octanol–water partition coefficient (Wildman–Crippen LogP) is 3.49. The molecule has 36 heavy (non-hydrogen) atoms. The standard InChI is InChI=1S/C26H25N5O5/c27-21(26(33)34)11-12-24(32)31(22-5-1-3-13-28-22)25-16-20(30-36-25)15-18-7-9-19(10-8-18)17-35-23-6-2-4-14-29-23/h1-10,13-14,16,21H,11-12,15,17,27H2,(H,33,34). The van der Waals surface area contributed by atoms with E-state index in [2.05, 4.69) is 15.1 Å². The molecule has 3 heterocycles. The molecule has 3 aromatic heterocycles. The lowest BCUT2D eigenvalue weighted by Gasteiger charge is -2.18. The molecule has 1 aromatic carbocycles. The topological polar surface area (TPSA) is 145 Å². The number of carbonyl (C=O) groups is 2. The van der Waals surface area contributed by atoms with E-state index in [0.717, 1.165) is 11.1 Å². The third-order valence-electron chi connectivity index (χ3n) is 5.31. The van der Waals surface area contributed by atoms with Crippen molar-refractivity contribution in [2.24, 2.45) is 5.73 Å². The van der Waals surface area contributed by atoms with Crippen LogP contribution in [-0.2, 0) is 22.6 Å². The van der Waals surface area contributed by atoms with Crippen molar-refractivity contribution in [2.45, 2.75) is 31.9 Å². The molecule has 0 aliphatic carbocycles. The summed E-state index contributed by atoms with van der Waals surface area (Å²) in [5.74, 6) is -0.466. The number of hydrogen-bond donors (Lipinski definition) is 2. The van der Waals surface area contributed by atoms with Gasteiger partial charge in [0, 0.05) is 37.4 Å². The normalized spacial score (nSPS) is 11.6. The lowest BCUT2D eigenvalue weighted by atomic mass is 10.1. The number of carboxylic acids is 1. The Morgan fingerprint density at radius 1 is 1.00 bits per heavy atom. The molecule has 0 saturated heterocycles. The van der Waals surface area contributed by atoms with Crippen LogP contribution in [0.15, 0.2) is 83.6 Å². The van der Waals surface area contributed by atoms with E-state index in [1.807, 2.05) is 36.4 Å². The summed E-state index contributed by atoms with van der Waals surface area (Å²) >= 11 is 0. The van der Waals surface area contributed by atoms with E-state index >= 15 is 0 Å². The van der Waals surface area contributed by atoms with Crippen LogP contribution in [0.25, 0.3) is 0 Å². The number of benzene rings is 1. The van der Waals surface area contributed by atoms with E-state index < -0.39 is 17.9 Å². The fourth-order valence-corrected chi connectivity index (χ4v) is 3.41. The Morgan fingerprint density at radius 3 is 2.39 bits per heavy atom. The van der Waals surface area contributed by atoms with Gasteiger partial charge in [-0.1, -0.05) is 41.6 Å². The molecular formula is C26H25N5O5. The van der Waals surface area contributed by atoms with Crippen molar-refractivity contribution in [2.75, 3.05) is 4.90 Å². The molecule has 3 N–H and O–H groups in total. The zero-order chi connectivity index (χ0) is 25.3. The summed E-state index contributed by atoms with van der Waals surface area (Å²) in [5.41, 5.74) is 8.18. The van der Waals surface area contributed by atoms with Crippen molar-refractivity contribution in [3.05, 3.63) is 95.9 Å². The molecule has 0 bridgehead atoms. The van der Waals surface area contributed by atoms with Crippen LogP contribution in [0, 0.1) is 0 Å². The Balaban J connectivity index is 1.43. The number of anilines is 2. The number of nitrogens with zero attached hydrogens (tertiary/aromatic N) is 4. The van der Waals surface area contributed by atoms with Crippen molar-refractivity contribution < 1.29 is 24.0 Å². The van der Waals surface area contributed by atoms with E-state index in [0.29, 0.717) is 30.4 Å². The van der Waals surface area contributed by atoms with Gasteiger partial charge < -0.3 is 20.1 Å². The van der Waals surface area contributed by atoms with Gasteiger partial charge in [-0.05, 0) is 35.7 Å². The van der Waals surface area contributed by atoms with E-state index in [4.69, 9.17) is 20.1 Å². The molecule has 0 aliphatic rings. The summed E-state index contributed by atoms with van der Waals surface area (Å²) in [4.78, 5) is 33.6. The Hall–Kier alpha value is -4.57. The number of rotatable bonds is 11. The van der Waals surface area contributed by atoms with Gasteiger partial charge in [0.25, 0.3) is 0 Å². The van der Waals surface area contributed by atoms with Gasteiger partial charge in [0.05, 0.1) is 5.69 Å². The minimum atomic E-state index is -1.16. The number of ether oxygens (including phenoxy) is 1. The van der Waals surface area contributed by atoms with Gasteiger partial charge in [-0.3, -0.25) is 9.59 Å². The first-order valence-corrected chi connectivity index (χ1v) is 11.3. The van der Waals surface area contributed by atoms with Crippen molar-refractivity contribution >= 4 is 23.6 Å². The van der Waals surface area contributed by atoms with Gasteiger partial charge >= 0.3 is 5.97 Å². The summed E-state index contributed by atoms with van der Waals surface area (Å²) in [6, 6.07) is 19.0. The number of aliphatic carboxylic acids is 1. The number of aromatic nitrogens is 3. The van der Waals surface area contributed by atoms with Crippen LogP contribution < -0.4 is 15.4 Å². The molecule has 0 spiro atoms. The Bertz CT molecular complexity index is 1280. The van der Waals surface area contributed by atoms with E-state index in [9.17, 15) is 9.59 Å². The van der Waals surface area contributed by atoms with Crippen LogP contribution in [0.5, 0.6) is 5.88 Å². The molecule has 0 aliphatic heterocycles. The van der Waals surface area contributed by atoms with Gasteiger partial charge in [0.2, 0.25) is 17.7 Å². The van der Waals surface area contributed by atoms with Crippen LogP contribution in [-0.4, -0.2) is 38.1 Å². The van der Waals surface area contributed by atoms with E-state index in [-0.39, 0.29) is 18.7 Å². The third kappa shape index (κ3) is 6.51. The Kier molecular flexibility index (Phi) is 7.99. The van der Waals surface area contributed by atoms with Crippen LogP contribution in [0.1, 0.15) is 29.7 Å². The van der Waals surface area contributed by atoms with E-state index in [1.165, 1.54) is 4.90 Å².